The van der Waals surface area contributed by atoms with E-state index < -0.39 is 9.84 Å². The zero-order valence-corrected chi connectivity index (χ0v) is 13.1. The second-order valence-corrected chi connectivity index (χ2v) is 7.00. The number of para-hydroxylation sites is 1. The molecule has 5 heteroatoms. The van der Waals surface area contributed by atoms with E-state index in [0.29, 0.717) is 22.6 Å². The number of nitrogens with two attached hydrogens (primary N) is 1. The van der Waals surface area contributed by atoms with Crippen molar-refractivity contribution in [1.29, 1.82) is 0 Å². The second-order valence-electron chi connectivity index (χ2n) is 5.24. The maximum absolute atomic E-state index is 12.2. The van der Waals surface area contributed by atoms with Gasteiger partial charge in [0.05, 0.1) is 4.90 Å². The first kappa shape index (κ1) is 14.8. The summed E-state index contributed by atoms with van der Waals surface area (Å²) in [7, 11) is -3.40. The highest BCUT2D eigenvalue weighted by Crippen LogP contribution is 2.36. The van der Waals surface area contributed by atoms with Crippen molar-refractivity contribution in [3.05, 3.63) is 64.6 Å². The highest BCUT2D eigenvalue weighted by Gasteiger charge is 2.29. The van der Waals surface area contributed by atoms with Crippen LogP contribution in [0.25, 0.3) is 5.57 Å². The van der Waals surface area contributed by atoms with Gasteiger partial charge < -0.3 is 10.5 Å². The fourth-order valence-electron chi connectivity index (χ4n) is 2.64. The van der Waals surface area contributed by atoms with Gasteiger partial charge >= 0.3 is 0 Å². The van der Waals surface area contributed by atoms with Crippen LogP contribution in [0, 0.1) is 6.92 Å². The molecule has 3 rings (SSSR count). The van der Waals surface area contributed by atoms with Crippen LogP contribution in [0.5, 0.6) is 5.75 Å². The number of hydrogen-bond donors (Lipinski definition) is 1. The quantitative estimate of drug-likeness (QED) is 0.941. The molecular weight excluding hydrogens is 298 g/mol. The van der Waals surface area contributed by atoms with Crippen molar-refractivity contribution in [2.75, 3.05) is 6.61 Å². The first-order valence-electron chi connectivity index (χ1n) is 6.99. The van der Waals surface area contributed by atoms with Crippen LogP contribution in [0.15, 0.2) is 52.8 Å². The summed E-state index contributed by atoms with van der Waals surface area (Å²) in [6, 6.07) is 12.8. The molecule has 2 aromatic rings. The summed E-state index contributed by atoms with van der Waals surface area (Å²) in [5.74, 6) is 0.750. The molecule has 0 spiro atoms. The molecule has 1 aliphatic heterocycles. The highest BCUT2D eigenvalue weighted by molar-refractivity contribution is 7.95. The fraction of sp³-hybridized carbons (Fsp3) is 0.176. The molecule has 0 unspecified atom stereocenters. The standard InChI is InChI=1S/C17H17NO3S/c1-12-5-2-3-7-15(12)21-10-14-11-22(19,20)16-8-4-6-13(9-18)17(14)16/h2-8,11H,9-10,18H2,1H3. The summed E-state index contributed by atoms with van der Waals surface area (Å²) < 4.78 is 30.3. The molecule has 0 amide bonds. The van der Waals surface area contributed by atoms with E-state index in [0.717, 1.165) is 16.9 Å². The molecule has 114 valence electrons. The Bertz CT molecular complexity index is 854. The molecule has 0 saturated carbocycles. The average Bonchev–Trinajstić information content (AvgIpc) is 2.78. The minimum absolute atomic E-state index is 0.202. The van der Waals surface area contributed by atoms with Crippen molar-refractivity contribution in [3.63, 3.8) is 0 Å². The van der Waals surface area contributed by atoms with E-state index in [9.17, 15) is 8.42 Å². The maximum atomic E-state index is 12.2. The first-order valence-corrected chi connectivity index (χ1v) is 8.54. The van der Waals surface area contributed by atoms with Crippen molar-refractivity contribution >= 4 is 15.4 Å². The molecule has 2 N–H and O–H groups in total. The molecule has 2 aromatic carbocycles. The smallest absolute Gasteiger partial charge is 0.200 e. The lowest BCUT2D eigenvalue weighted by atomic mass is 10.0. The Labute approximate surface area is 130 Å². The molecule has 0 bridgehead atoms. The van der Waals surface area contributed by atoms with E-state index in [4.69, 9.17) is 10.5 Å². The molecule has 0 aliphatic carbocycles. The van der Waals surface area contributed by atoms with Gasteiger partial charge in [-0.3, -0.25) is 0 Å². The minimum atomic E-state index is -3.40. The largest absolute Gasteiger partial charge is 0.489 e. The lowest BCUT2D eigenvalue weighted by Gasteiger charge is -2.12. The molecule has 0 aromatic heterocycles. The summed E-state index contributed by atoms with van der Waals surface area (Å²) >= 11 is 0. The Morgan fingerprint density at radius 1 is 1.09 bits per heavy atom. The summed E-state index contributed by atoms with van der Waals surface area (Å²) in [5, 5.41) is 1.29. The zero-order valence-electron chi connectivity index (χ0n) is 12.2. The number of fused-ring (bicyclic) bond motifs is 1. The second kappa shape index (κ2) is 5.59. The van der Waals surface area contributed by atoms with Crippen molar-refractivity contribution in [2.24, 2.45) is 5.73 Å². The Balaban J connectivity index is 1.95. The van der Waals surface area contributed by atoms with Crippen LogP contribution in [0.3, 0.4) is 0 Å². The topological polar surface area (TPSA) is 69.4 Å². The van der Waals surface area contributed by atoms with Crippen LogP contribution in [-0.2, 0) is 16.4 Å². The molecular formula is C17H17NO3S. The predicted octanol–water partition coefficient (Wildman–Crippen LogP) is 2.66. The normalized spacial score (nSPS) is 15.3. The Morgan fingerprint density at radius 3 is 2.59 bits per heavy atom. The van der Waals surface area contributed by atoms with Gasteiger partial charge in [0.2, 0.25) is 9.84 Å². The highest BCUT2D eigenvalue weighted by atomic mass is 32.2. The van der Waals surface area contributed by atoms with Crippen molar-refractivity contribution in [1.82, 2.24) is 0 Å². The third kappa shape index (κ3) is 2.53. The Kier molecular flexibility index (Phi) is 3.76. The lowest BCUT2D eigenvalue weighted by molar-refractivity contribution is 0.367. The fourth-order valence-corrected chi connectivity index (χ4v) is 4.14. The lowest BCUT2D eigenvalue weighted by Crippen LogP contribution is -2.06. The van der Waals surface area contributed by atoms with Crippen LogP contribution < -0.4 is 10.5 Å². The SMILES string of the molecule is Cc1ccccc1OCC1=CS(=O)(=O)c2cccc(CN)c21. The van der Waals surface area contributed by atoms with Gasteiger partial charge in [-0.1, -0.05) is 30.3 Å². The number of aryl methyl sites for hydroxylation is 1. The molecule has 0 fully saturated rings. The number of rotatable bonds is 4. The molecule has 1 aliphatic rings. The molecule has 4 nitrogen and oxygen atoms in total. The van der Waals surface area contributed by atoms with Crippen LogP contribution in [-0.4, -0.2) is 15.0 Å². The summed E-state index contributed by atoms with van der Waals surface area (Å²) in [6.07, 6.45) is 0. The molecule has 22 heavy (non-hydrogen) atoms. The molecule has 1 heterocycles. The van der Waals surface area contributed by atoms with E-state index in [-0.39, 0.29) is 6.61 Å². The third-order valence-electron chi connectivity index (χ3n) is 3.73. The van der Waals surface area contributed by atoms with Gasteiger partial charge in [-0.15, -0.1) is 0 Å². The Morgan fingerprint density at radius 2 is 1.86 bits per heavy atom. The van der Waals surface area contributed by atoms with Gasteiger partial charge in [0, 0.05) is 23.1 Å². The summed E-state index contributed by atoms with van der Waals surface area (Å²) in [4.78, 5) is 0.318. The van der Waals surface area contributed by atoms with Gasteiger partial charge in [0.1, 0.15) is 12.4 Å². The van der Waals surface area contributed by atoms with Crippen LogP contribution in [0.4, 0.5) is 0 Å². The number of benzene rings is 2. The van der Waals surface area contributed by atoms with Gasteiger partial charge in [-0.05, 0) is 30.2 Å². The van der Waals surface area contributed by atoms with E-state index >= 15 is 0 Å². The maximum Gasteiger partial charge on any atom is 0.200 e. The van der Waals surface area contributed by atoms with Crippen LogP contribution >= 0.6 is 0 Å². The van der Waals surface area contributed by atoms with Crippen molar-refractivity contribution in [2.45, 2.75) is 18.4 Å². The number of hydrogen-bond acceptors (Lipinski definition) is 4. The van der Waals surface area contributed by atoms with Crippen molar-refractivity contribution < 1.29 is 13.2 Å². The zero-order chi connectivity index (χ0) is 15.7. The monoisotopic (exact) mass is 315 g/mol. The van der Waals surface area contributed by atoms with Crippen molar-refractivity contribution in [3.8, 4) is 5.75 Å². The average molecular weight is 315 g/mol. The van der Waals surface area contributed by atoms with Gasteiger partial charge in [0.15, 0.2) is 0 Å². The third-order valence-corrected chi connectivity index (χ3v) is 5.28. The van der Waals surface area contributed by atoms with Crippen LogP contribution in [0.2, 0.25) is 0 Å². The van der Waals surface area contributed by atoms with E-state index in [2.05, 4.69) is 0 Å². The Hall–Kier alpha value is -2.11. The summed E-state index contributed by atoms with van der Waals surface area (Å²) in [6.45, 7) is 2.45. The predicted molar refractivity (Wildman–Crippen MR) is 86.2 cm³/mol. The van der Waals surface area contributed by atoms with E-state index in [1.54, 1.807) is 12.1 Å². The molecule has 0 atom stereocenters. The number of ether oxygens (including phenoxy) is 1. The van der Waals surface area contributed by atoms with Crippen LogP contribution in [0.1, 0.15) is 16.7 Å². The molecule has 0 radical (unpaired) electrons. The van der Waals surface area contributed by atoms with E-state index in [1.807, 2.05) is 37.3 Å². The first-order chi connectivity index (χ1) is 10.5. The van der Waals surface area contributed by atoms with Gasteiger partial charge in [-0.25, -0.2) is 8.42 Å². The molecule has 0 saturated heterocycles. The minimum Gasteiger partial charge on any atom is -0.489 e. The summed E-state index contributed by atoms with van der Waals surface area (Å²) in [5.41, 5.74) is 8.92. The number of sulfone groups is 1. The van der Waals surface area contributed by atoms with Gasteiger partial charge in [0.25, 0.3) is 0 Å². The van der Waals surface area contributed by atoms with Gasteiger partial charge in [-0.2, -0.15) is 0 Å². The van der Waals surface area contributed by atoms with E-state index in [1.165, 1.54) is 5.41 Å².